The third kappa shape index (κ3) is 4.53. The fourth-order valence-corrected chi connectivity index (χ4v) is 4.79. The second-order valence-corrected chi connectivity index (χ2v) is 8.79. The van der Waals surface area contributed by atoms with Crippen molar-refractivity contribution >= 4 is 39.0 Å². The average molecular weight is 444 g/mol. The zero-order valence-electron chi connectivity index (χ0n) is 15.9. The molecule has 1 atom stereocenters. The number of carbonyl (C=O) groups excluding carboxylic acids is 2. The first-order valence-corrected chi connectivity index (χ1v) is 10.8. The molecule has 154 valence electrons. The van der Waals surface area contributed by atoms with Gasteiger partial charge in [0.2, 0.25) is 5.91 Å². The zero-order valence-corrected chi connectivity index (χ0v) is 17.5. The van der Waals surface area contributed by atoms with E-state index >= 15 is 0 Å². The van der Waals surface area contributed by atoms with E-state index in [4.69, 9.17) is 16.3 Å². The van der Waals surface area contributed by atoms with Gasteiger partial charge >= 0.3 is 5.97 Å². The number of benzene rings is 3. The molecule has 0 aliphatic carbocycles. The third-order valence-corrected chi connectivity index (χ3v) is 6.64. The molecule has 0 aliphatic rings. The Morgan fingerprint density at radius 1 is 0.933 bits per heavy atom. The fraction of sp³-hybridized carbons (Fsp3) is 0.0909. The Kier molecular flexibility index (Phi) is 6.54. The molecular weight excluding hydrogens is 426 g/mol. The predicted molar refractivity (Wildman–Crippen MR) is 114 cm³/mol. The summed E-state index contributed by atoms with van der Waals surface area (Å²) in [6.07, 6.45) is 0. The molecule has 1 unspecified atom stereocenters. The number of anilines is 1. The number of hydrogen-bond donors (Lipinski definition) is 1. The fourth-order valence-electron chi connectivity index (χ4n) is 2.95. The van der Waals surface area contributed by atoms with E-state index in [0.717, 1.165) is 0 Å². The average Bonchev–Trinajstić information content (AvgIpc) is 2.74. The van der Waals surface area contributed by atoms with Crippen molar-refractivity contribution < 1.29 is 22.7 Å². The number of methoxy groups -OCH3 is 1. The molecule has 3 aromatic carbocycles. The molecule has 6 nitrogen and oxygen atoms in total. The summed E-state index contributed by atoms with van der Waals surface area (Å²) in [4.78, 5) is 25.3. The van der Waals surface area contributed by atoms with Gasteiger partial charge in [-0.05, 0) is 35.9 Å². The lowest BCUT2D eigenvalue weighted by molar-refractivity contribution is -0.115. The first kappa shape index (κ1) is 21.5. The molecular formula is C22H18ClNO5S. The van der Waals surface area contributed by atoms with Crippen LogP contribution in [0.3, 0.4) is 0 Å². The van der Waals surface area contributed by atoms with Gasteiger partial charge in [-0.3, -0.25) is 4.79 Å². The number of ether oxygens (including phenoxy) is 1. The highest BCUT2D eigenvalue weighted by Crippen LogP contribution is 2.31. The summed E-state index contributed by atoms with van der Waals surface area (Å²) in [5, 5.41) is 1.27. The van der Waals surface area contributed by atoms with Gasteiger partial charge in [0.05, 0.1) is 23.3 Å². The minimum Gasteiger partial charge on any atom is -0.465 e. The molecule has 0 saturated carbocycles. The second kappa shape index (κ2) is 9.11. The maximum absolute atomic E-state index is 13.3. The van der Waals surface area contributed by atoms with Crippen LogP contribution in [0.5, 0.6) is 0 Å². The van der Waals surface area contributed by atoms with Gasteiger partial charge in [-0.2, -0.15) is 0 Å². The van der Waals surface area contributed by atoms with Gasteiger partial charge in [0.15, 0.2) is 15.1 Å². The van der Waals surface area contributed by atoms with Gasteiger partial charge in [-0.1, -0.05) is 60.1 Å². The van der Waals surface area contributed by atoms with Crippen LogP contribution in [0.1, 0.15) is 21.2 Å². The van der Waals surface area contributed by atoms with Crippen molar-refractivity contribution in [2.45, 2.75) is 10.1 Å². The van der Waals surface area contributed by atoms with Crippen molar-refractivity contribution in [1.29, 1.82) is 0 Å². The number of amides is 1. The largest absolute Gasteiger partial charge is 0.465 e. The van der Waals surface area contributed by atoms with Crippen LogP contribution in [0.4, 0.5) is 5.69 Å². The van der Waals surface area contributed by atoms with Crippen molar-refractivity contribution in [2.24, 2.45) is 0 Å². The first-order valence-electron chi connectivity index (χ1n) is 8.87. The van der Waals surface area contributed by atoms with Crippen molar-refractivity contribution in [2.75, 3.05) is 12.4 Å². The van der Waals surface area contributed by atoms with Crippen molar-refractivity contribution in [3.63, 3.8) is 0 Å². The van der Waals surface area contributed by atoms with Crippen LogP contribution in [-0.4, -0.2) is 27.4 Å². The minimum atomic E-state index is -4.08. The van der Waals surface area contributed by atoms with Crippen molar-refractivity contribution in [3.05, 3.63) is 95.0 Å². The SMILES string of the molecule is COC(=O)c1ccc(Cl)cc1NC(=O)C(c1ccccc1)S(=O)(=O)c1ccccc1. The summed E-state index contributed by atoms with van der Waals surface area (Å²) in [6.45, 7) is 0. The first-order chi connectivity index (χ1) is 14.3. The summed E-state index contributed by atoms with van der Waals surface area (Å²) in [6, 6.07) is 20.1. The highest BCUT2D eigenvalue weighted by Gasteiger charge is 2.36. The van der Waals surface area contributed by atoms with E-state index in [2.05, 4.69) is 5.32 Å². The number of halogens is 1. The van der Waals surface area contributed by atoms with Crippen LogP contribution in [0.15, 0.2) is 83.8 Å². The quantitative estimate of drug-likeness (QED) is 0.574. The van der Waals surface area contributed by atoms with Crippen LogP contribution < -0.4 is 5.32 Å². The summed E-state index contributed by atoms with van der Waals surface area (Å²) in [5.41, 5.74) is 0.406. The Morgan fingerprint density at radius 2 is 1.53 bits per heavy atom. The Hall–Kier alpha value is -3.16. The number of esters is 1. The molecule has 3 rings (SSSR count). The molecule has 0 bridgehead atoms. The van der Waals surface area contributed by atoms with Crippen molar-refractivity contribution in [1.82, 2.24) is 0 Å². The van der Waals surface area contributed by atoms with Gasteiger partial charge in [0.1, 0.15) is 0 Å². The molecule has 1 amide bonds. The number of rotatable bonds is 6. The topological polar surface area (TPSA) is 89.5 Å². The van der Waals surface area contributed by atoms with Crippen LogP contribution in [0, 0.1) is 0 Å². The third-order valence-electron chi connectivity index (χ3n) is 4.37. The van der Waals surface area contributed by atoms with E-state index in [-0.39, 0.29) is 21.2 Å². The maximum atomic E-state index is 13.3. The lowest BCUT2D eigenvalue weighted by Crippen LogP contribution is -2.29. The van der Waals surface area contributed by atoms with E-state index in [0.29, 0.717) is 5.56 Å². The summed E-state index contributed by atoms with van der Waals surface area (Å²) >= 11 is 6.01. The standard InChI is InChI=1S/C22H18ClNO5S/c1-29-22(26)18-13-12-16(23)14-19(18)24-21(25)20(15-8-4-2-5-9-15)30(27,28)17-10-6-3-7-11-17/h2-14,20H,1H3,(H,24,25). The highest BCUT2D eigenvalue weighted by molar-refractivity contribution is 7.92. The summed E-state index contributed by atoms with van der Waals surface area (Å²) in [7, 11) is -2.88. The van der Waals surface area contributed by atoms with Gasteiger partial charge in [-0.15, -0.1) is 0 Å². The van der Waals surface area contributed by atoms with Gasteiger partial charge in [0, 0.05) is 5.02 Å². The van der Waals surface area contributed by atoms with Gasteiger partial charge in [0.25, 0.3) is 0 Å². The maximum Gasteiger partial charge on any atom is 0.339 e. The molecule has 0 aromatic heterocycles. The minimum absolute atomic E-state index is 0.00767. The van der Waals surface area contributed by atoms with Crippen LogP contribution >= 0.6 is 11.6 Å². The van der Waals surface area contributed by atoms with Crippen LogP contribution in [0.2, 0.25) is 5.02 Å². The molecule has 8 heteroatoms. The normalized spacial score (nSPS) is 12.1. The Labute approximate surface area is 179 Å². The molecule has 0 heterocycles. The number of carbonyl (C=O) groups is 2. The van der Waals surface area contributed by atoms with Crippen LogP contribution in [0.25, 0.3) is 0 Å². The van der Waals surface area contributed by atoms with Gasteiger partial charge in [-0.25, -0.2) is 13.2 Å². The van der Waals surface area contributed by atoms with E-state index < -0.39 is 27.0 Å². The molecule has 0 spiro atoms. The van der Waals surface area contributed by atoms with Gasteiger partial charge < -0.3 is 10.1 Å². The Bertz CT molecular complexity index is 1160. The highest BCUT2D eigenvalue weighted by atomic mass is 35.5. The monoisotopic (exact) mass is 443 g/mol. The van der Waals surface area contributed by atoms with E-state index in [9.17, 15) is 18.0 Å². The Balaban J connectivity index is 2.07. The Morgan fingerprint density at radius 3 is 2.13 bits per heavy atom. The smallest absolute Gasteiger partial charge is 0.339 e. The molecule has 0 fully saturated rings. The number of sulfone groups is 1. The number of hydrogen-bond acceptors (Lipinski definition) is 5. The van der Waals surface area contributed by atoms with Crippen LogP contribution in [-0.2, 0) is 19.4 Å². The molecule has 3 aromatic rings. The zero-order chi connectivity index (χ0) is 21.7. The van der Waals surface area contributed by atoms with E-state index in [1.165, 1.54) is 37.4 Å². The van der Waals surface area contributed by atoms with Crippen molar-refractivity contribution in [3.8, 4) is 0 Å². The molecule has 0 aliphatic heterocycles. The number of nitrogens with one attached hydrogen (secondary N) is 1. The molecule has 1 N–H and O–H groups in total. The predicted octanol–water partition coefficient (Wildman–Crippen LogP) is 4.28. The van der Waals surface area contributed by atoms with E-state index in [1.54, 1.807) is 48.5 Å². The summed E-state index contributed by atoms with van der Waals surface area (Å²) in [5.74, 6) is -1.51. The lowest BCUT2D eigenvalue weighted by Gasteiger charge is -2.19. The van der Waals surface area contributed by atoms with E-state index in [1.807, 2.05) is 0 Å². The summed E-state index contributed by atoms with van der Waals surface area (Å²) < 4.78 is 31.4. The molecule has 0 saturated heterocycles. The second-order valence-electron chi connectivity index (χ2n) is 6.32. The lowest BCUT2D eigenvalue weighted by atomic mass is 10.1. The molecule has 0 radical (unpaired) electrons. The molecule has 30 heavy (non-hydrogen) atoms.